The molecule has 1 aliphatic heterocycles. The van der Waals surface area contributed by atoms with Crippen molar-refractivity contribution in [3.05, 3.63) is 0 Å². The van der Waals surface area contributed by atoms with Gasteiger partial charge in [-0.2, -0.15) is 0 Å². The maximum atomic E-state index is 6.03. The molecular formula is C12H24N2O2. The molecule has 0 aromatic rings. The Labute approximate surface area is 98.1 Å². The minimum Gasteiger partial charge on any atom is -0.383 e. The van der Waals surface area contributed by atoms with Gasteiger partial charge < -0.3 is 15.2 Å². The van der Waals surface area contributed by atoms with Crippen molar-refractivity contribution in [1.82, 2.24) is 4.90 Å². The normalized spacial score (nSPS) is 34.9. The van der Waals surface area contributed by atoms with E-state index in [0.29, 0.717) is 12.6 Å². The van der Waals surface area contributed by atoms with Crippen LogP contribution in [0, 0.1) is 0 Å². The van der Waals surface area contributed by atoms with Crippen molar-refractivity contribution in [2.45, 2.75) is 43.9 Å². The van der Waals surface area contributed by atoms with Gasteiger partial charge in [-0.3, -0.25) is 4.90 Å². The lowest BCUT2D eigenvalue weighted by atomic mass is 9.89. The highest BCUT2D eigenvalue weighted by atomic mass is 16.5. The molecule has 0 radical (unpaired) electrons. The third kappa shape index (κ3) is 2.12. The molecule has 2 aliphatic rings. The fraction of sp³-hybridized carbons (Fsp3) is 1.00. The molecule has 4 heteroatoms. The van der Waals surface area contributed by atoms with Gasteiger partial charge in [0, 0.05) is 32.8 Å². The SMILES string of the molecule is COCCN(C1CC1)C1(CN)CCOC1C. The smallest absolute Gasteiger partial charge is 0.0743 e. The van der Waals surface area contributed by atoms with Gasteiger partial charge in [-0.1, -0.05) is 0 Å². The molecule has 2 atom stereocenters. The zero-order valence-electron chi connectivity index (χ0n) is 10.4. The number of hydrogen-bond acceptors (Lipinski definition) is 4. The van der Waals surface area contributed by atoms with Crippen molar-refractivity contribution in [3.8, 4) is 0 Å². The summed E-state index contributed by atoms with van der Waals surface area (Å²) < 4.78 is 10.9. The summed E-state index contributed by atoms with van der Waals surface area (Å²) in [7, 11) is 1.76. The summed E-state index contributed by atoms with van der Waals surface area (Å²) in [6, 6.07) is 0.711. The summed E-state index contributed by atoms with van der Waals surface area (Å²) in [4.78, 5) is 2.55. The van der Waals surface area contributed by atoms with Crippen molar-refractivity contribution in [2.75, 3.05) is 33.4 Å². The van der Waals surface area contributed by atoms with Crippen LogP contribution in [0.5, 0.6) is 0 Å². The third-order valence-corrected chi connectivity index (χ3v) is 4.11. The van der Waals surface area contributed by atoms with E-state index in [1.54, 1.807) is 7.11 Å². The molecule has 0 bridgehead atoms. The number of ether oxygens (including phenoxy) is 2. The van der Waals surface area contributed by atoms with E-state index in [1.165, 1.54) is 12.8 Å². The van der Waals surface area contributed by atoms with Gasteiger partial charge in [0.05, 0.1) is 18.2 Å². The molecule has 2 rings (SSSR count). The predicted molar refractivity (Wildman–Crippen MR) is 63.4 cm³/mol. The highest BCUT2D eigenvalue weighted by Gasteiger charge is 2.49. The van der Waals surface area contributed by atoms with Gasteiger partial charge in [0.2, 0.25) is 0 Å². The molecule has 0 amide bonds. The fourth-order valence-electron chi connectivity index (χ4n) is 2.88. The molecule has 0 aromatic carbocycles. The van der Waals surface area contributed by atoms with Crippen LogP contribution >= 0.6 is 0 Å². The molecule has 2 N–H and O–H groups in total. The van der Waals surface area contributed by atoms with E-state index in [0.717, 1.165) is 26.2 Å². The maximum absolute atomic E-state index is 6.03. The Hall–Kier alpha value is -0.160. The standard InChI is InChI=1S/C12H24N2O2/c1-10-12(9-13,5-7-16-10)14(6-8-15-2)11-3-4-11/h10-11H,3-9,13H2,1-2H3. The highest BCUT2D eigenvalue weighted by Crippen LogP contribution is 2.39. The average molecular weight is 228 g/mol. The van der Waals surface area contributed by atoms with E-state index in [4.69, 9.17) is 15.2 Å². The molecule has 4 nitrogen and oxygen atoms in total. The molecule has 2 unspecified atom stereocenters. The largest absolute Gasteiger partial charge is 0.383 e. The second-order valence-electron chi connectivity index (χ2n) is 4.99. The van der Waals surface area contributed by atoms with Crippen LogP contribution in [0.15, 0.2) is 0 Å². The number of methoxy groups -OCH3 is 1. The summed E-state index contributed by atoms with van der Waals surface area (Å²) in [5.74, 6) is 0. The number of hydrogen-bond donors (Lipinski definition) is 1. The van der Waals surface area contributed by atoms with Gasteiger partial charge >= 0.3 is 0 Å². The van der Waals surface area contributed by atoms with Crippen LogP contribution in [-0.4, -0.2) is 56.0 Å². The predicted octanol–water partition coefficient (Wildman–Crippen LogP) is 0.604. The first-order chi connectivity index (χ1) is 7.74. The minimum absolute atomic E-state index is 0.0553. The Morgan fingerprint density at radius 2 is 2.25 bits per heavy atom. The minimum atomic E-state index is 0.0553. The first-order valence-electron chi connectivity index (χ1n) is 6.32. The first-order valence-corrected chi connectivity index (χ1v) is 6.32. The molecule has 2 fully saturated rings. The molecular weight excluding hydrogens is 204 g/mol. The molecule has 94 valence electrons. The summed E-state index contributed by atoms with van der Waals surface area (Å²) in [6.07, 6.45) is 3.91. The molecule has 1 saturated heterocycles. The average Bonchev–Trinajstić information content (AvgIpc) is 3.05. The van der Waals surface area contributed by atoms with Gasteiger partial charge in [-0.05, 0) is 26.2 Å². The van der Waals surface area contributed by atoms with Gasteiger partial charge in [-0.25, -0.2) is 0 Å². The van der Waals surface area contributed by atoms with Crippen LogP contribution in [0.2, 0.25) is 0 Å². The topological polar surface area (TPSA) is 47.7 Å². The van der Waals surface area contributed by atoms with E-state index < -0.39 is 0 Å². The number of nitrogens with two attached hydrogens (primary N) is 1. The van der Waals surface area contributed by atoms with Gasteiger partial charge in [0.1, 0.15) is 0 Å². The lowest BCUT2D eigenvalue weighted by Crippen LogP contribution is -2.59. The van der Waals surface area contributed by atoms with E-state index >= 15 is 0 Å². The summed E-state index contributed by atoms with van der Waals surface area (Å²) >= 11 is 0. The maximum Gasteiger partial charge on any atom is 0.0743 e. The molecule has 1 saturated carbocycles. The number of nitrogens with zero attached hydrogens (tertiary/aromatic N) is 1. The summed E-state index contributed by atoms with van der Waals surface area (Å²) in [5.41, 5.74) is 6.09. The van der Waals surface area contributed by atoms with Gasteiger partial charge in [0.15, 0.2) is 0 Å². The molecule has 0 spiro atoms. The highest BCUT2D eigenvalue weighted by molar-refractivity contribution is 5.05. The van der Waals surface area contributed by atoms with Crippen LogP contribution in [0.4, 0.5) is 0 Å². The van der Waals surface area contributed by atoms with Crippen LogP contribution < -0.4 is 5.73 Å². The number of rotatable bonds is 6. The molecule has 1 heterocycles. The van der Waals surface area contributed by atoms with Crippen molar-refractivity contribution >= 4 is 0 Å². The Kier molecular flexibility index (Phi) is 3.85. The molecule has 1 aliphatic carbocycles. The Morgan fingerprint density at radius 3 is 2.69 bits per heavy atom. The van der Waals surface area contributed by atoms with Crippen LogP contribution in [0.25, 0.3) is 0 Å². The lowest BCUT2D eigenvalue weighted by molar-refractivity contribution is -0.00271. The van der Waals surface area contributed by atoms with Crippen LogP contribution in [-0.2, 0) is 9.47 Å². The Bertz CT molecular complexity index is 233. The Morgan fingerprint density at radius 1 is 1.50 bits per heavy atom. The quantitative estimate of drug-likeness (QED) is 0.723. The van der Waals surface area contributed by atoms with Crippen molar-refractivity contribution in [1.29, 1.82) is 0 Å². The zero-order valence-corrected chi connectivity index (χ0v) is 10.4. The first kappa shape index (κ1) is 12.3. The van der Waals surface area contributed by atoms with Gasteiger partial charge in [-0.15, -0.1) is 0 Å². The van der Waals surface area contributed by atoms with E-state index in [9.17, 15) is 0 Å². The van der Waals surface area contributed by atoms with E-state index in [2.05, 4.69) is 11.8 Å². The lowest BCUT2D eigenvalue weighted by Gasteiger charge is -2.43. The van der Waals surface area contributed by atoms with Crippen LogP contribution in [0.3, 0.4) is 0 Å². The van der Waals surface area contributed by atoms with E-state index in [-0.39, 0.29) is 11.6 Å². The summed E-state index contributed by atoms with van der Waals surface area (Å²) in [6.45, 7) is 5.45. The summed E-state index contributed by atoms with van der Waals surface area (Å²) in [5, 5.41) is 0. The monoisotopic (exact) mass is 228 g/mol. The van der Waals surface area contributed by atoms with Crippen molar-refractivity contribution in [2.24, 2.45) is 5.73 Å². The van der Waals surface area contributed by atoms with E-state index in [1.807, 2.05) is 0 Å². The second kappa shape index (κ2) is 5.00. The Balaban J connectivity index is 2.08. The van der Waals surface area contributed by atoms with Gasteiger partial charge in [0.25, 0.3) is 0 Å². The van der Waals surface area contributed by atoms with Crippen molar-refractivity contribution < 1.29 is 9.47 Å². The van der Waals surface area contributed by atoms with Crippen LogP contribution in [0.1, 0.15) is 26.2 Å². The van der Waals surface area contributed by atoms with Crippen molar-refractivity contribution in [3.63, 3.8) is 0 Å². The zero-order chi connectivity index (χ0) is 11.6. The fourth-order valence-corrected chi connectivity index (χ4v) is 2.88. The molecule has 0 aromatic heterocycles. The molecule has 16 heavy (non-hydrogen) atoms. The third-order valence-electron chi connectivity index (χ3n) is 4.11. The second-order valence-corrected chi connectivity index (χ2v) is 4.99.